The molecule has 24 heavy (non-hydrogen) atoms. The van der Waals surface area contributed by atoms with Crippen LogP contribution in [0.5, 0.6) is 0 Å². The van der Waals surface area contributed by atoms with Crippen LogP contribution in [-0.4, -0.2) is 20.6 Å². The highest BCUT2D eigenvalue weighted by Crippen LogP contribution is 2.19. The average molecular weight is 346 g/mol. The summed E-state index contributed by atoms with van der Waals surface area (Å²) in [5.41, 5.74) is 4.26. The maximum atomic E-state index is 12.4. The first-order valence-corrected chi connectivity index (χ1v) is 9.51. The molecule has 2 N–H and O–H groups in total. The molecule has 0 aliphatic heterocycles. The molecule has 5 nitrogen and oxygen atoms in total. The fraction of sp³-hybridized carbons (Fsp3) is 0.278. The quantitative estimate of drug-likeness (QED) is 0.873. The number of rotatable bonds is 5. The lowest BCUT2D eigenvalue weighted by Crippen LogP contribution is -2.27. The van der Waals surface area contributed by atoms with E-state index in [0.717, 1.165) is 22.9 Å². The molecule has 128 valence electrons. The fourth-order valence-electron chi connectivity index (χ4n) is 2.49. The Balaban J connectivity index is 2.10. The molecule has 2 rings (SSSR count). The molecule has 6 heteroatoms. The van der Waals surface area contributed by atoms with Crippen LogP contribution in [0.25, 0.3) is 0 Å². The normalized spacial score (nSPS) is 12.5. The smallest absolute Gasteiger partial charge is 0.251 e. The van der Waals surface area contributed by atoms with Crippen LogP contribution in [0.3, 0.4) is 0 Å². The monoisotopic (exact) mass is 346 g/mol. The van der Waals surface area contributed by atoms with Gasteiger partial charge in [0.05, 0.1) is 12.3 Å². The summed E-state index contributed by atoms with van der Waals surface area (Å²) in [5.74, 6) is -0.200. The second-order valence-corrected chi connectivity index (χ2v) is 7.76. The van der Waals surface area contributed by atoms with Crippen molar-refractivity contribution in [3.63, 3.8) is 0 Å². The molecule has 2 aromatic rings. The number of carbonyl (C=O) groups excluding carboxylic acids is 1. The minimum absolute atomic E-state index is 0.119. The van der Waals surface area contributed by atoms with Crippen molar-refractivity contribution >= 4 is 21.6 Å². The van der Waals surface area contributed by atoms with Gasteiger partial charge in [0.25, 0.3) is 5.91 Å². The minimum atomic E-state index is -3.32. The Morgan fingerprint density at radius 3 is 2.25 bits per heavy atom. The summed E-state index contributed by atoms with van der Waals surface area (Å²) in [6, 6.07) is 12.4. The Morgan fingerprint density at radius 2 is 1.67 bits per heavy atom. The van der Waals surface area contributed by atoms with Gasteiger partial charge in [-0.3, -0.25) is 9.52 Å². The van der Waals surface area contributed by atoms with Crippen LogP contribution in [0.1, 0.15) is 40.0 Å². The zero-order chi connectivity index (χ0) is 17.9. The van der Waals surface area contributed by atoms with Gasteiger partial charge in [0.15, 0.2) is 0 Å². The molecule has 0 heterocycles. The number of carbonyl (C=O) groups is 1. The Hall–Kier alpha value is -2.34. The fourth-order valence-corrected chi connectivity index (χ4v) is 3.05. The van der Waals surface area contributed by atoms with E-state index in [-0.39, 0.29) is 11.9 Å². The summed E-state index contributed by atoms with van der Waals surface area (Å²) in [6.45, 7) is 5.98. The lowest BCUT2D eigenvalue weighted by Gasteiger charge is -2.17. The van der Waals surface area contributed by atoms with Crippen LogP contribution < -0.4 is 10.0 Å². The Kier molecular flexibility index (Phi) is 5.29. The number of hydrogen-bond acceptors (Lipinski definition) is 3. The van der Waals surface area contributed by atoms with Crippen LogP contribution in [-0.2, 0) is 10.0 Å². The molecule has 0 bridgehead atoms. The highest BCUT2D eigenvalue weighted by Gasteiger charge is 2.13. The number of sulfonamides is 1. The third-order valence-corrected chi connectivity index (χ3v) is 4.31. The van der Waals surface area contributed by atoms with E-state index in [1.165, 1.54) is 0 Å². The van der Waals surface area contributed by atoms with Crippen LogP contribution in [0.4, 0.5) is 5.69 Å². The van der Waals surface area contributed by atoms with Gasteiger partial charge in [0.1, 0.15) is 0 Å². The predicted octanol–water partition coefficient (Wildman–Crippen LogP) is 3.17. The number of aryl methyl sites for hydroxylation is 2. The molecule has 2 aromatic carbocycles. The minimum Gasteiger partial charge on any atom is -0.346 e. The van der Waals surface area contributed by atoms with E-state index in [9.17, 15) is 13.2 Å². The molecule has 1 atom stereocenters. The standard InChI is InChI=1S/C18H22N2O3S/c1-12-5-6-13(2)17(11-12)14(3)19-18(21)15-7-9-16(10-8-15)20-24(4,22)23/h5-11,14,20H,1-4H3,(H,19,21). The summed E-state index contributed by atoms with van der Waals surface area (Å²) in [6.07, 6.45) is 1.08. The van der Waals surface area contributed by atoms with Crippen molar-refractivity contribution in [2.24, 2.45) is 0 Å². The van der Waals surface area contributed by atoms with E-state index < -0.39 is 10.0 Å². The van der Waals surface area contributed by atoms with Gasteiger partial charge in [-0.25, -0.2) is 8.42 Å². The maximum Gasteiger partial charge on any atom is 0.251 e. The maximum absolute atomic E-state index is 12.4. The van der Waals surface area contributed by atoms with Gasteiger partial charge >= 0.3 is 0 Å². The second kappa shape index (κ2) is 7.05. The number of anilines is 1. The Bertz CT molecular complexity index is 843. The average Bonchev–Trinajstić information content (AvgIpc) is 2.48. The number of benzene rings is 2. The molecule has 0 saturated carbocycles. The zero-order valence-electron chi connectivity index (χ0n) is 14.3. The van der Waals surface area contributed by atoms with Crippen molar-refractivity contribution in [3.05, 3.63) is 64.7 Å². The van der Waals surface area contributed by atoms with Crippen LogP contribution in [0, 0.1) is 13.8 Å². The highest BCUT2D eigenvalue weighted by molar-refractivity contribution is 7.92. The first-order chi connectivity index (χ1) is 11.2. The van der Waals surface area contributed by atoms with Gasteiger partial charge in [-0.1, -0.05) is 23.8 Å². The first-order valence-electron chi connectivity index (χ1n) is 7.61. The van der Waals surface area contributed by atoms with E-state index in [1.807, 2.05) is 32.9 Å². The first kappa shape index (κ1) is 18.0. The molecule has 1 unspecified atom stereocenters. The molecule has 0 aromatic heterocycles. The third-order valence-electron chi connectivity index (χ3n) is 3.70. The Labute approximate surface area is 143 Å². The van der Waals surface area contributed by atoms with Gasteiger partial charge in [-0.2, -0.15) is 0 Å². The van der Waals surface area contributed by atoms with Gasteiger partial charge in [-0.05, 0) is 56.2 Å². The number of hydrogen-bond donors (Lipinski definition) is 2. The van der Waals surface area contributed by atoms with Crippen molar-refractivity contribution in [1.29, 1.82) is 0 Å². The topological polar surface area (TPSA) is 75.3 Å². The van der Waals surface area contributed by atoms with Gasteiger partial charge < -0.3 is 5.32 Å². The summed E-state index contributed by atoms with van der Waals surface area (Å²) in [5, 5.41) is 2.97. The van der Waals surface area contributed by atoms with Crippen molar-refractivity contribution in [2.45, 2.75) is 26.8 Å². The highest BCUT2D eigenvalue weighted by atomic mass is 32.2. The molecule has 0 saturated heterocycles. The predicted molar refractivity (Wildman–Crippen MR) is 96.7 cm³/mol. The third kappa shape index (κ3) is 4.83. The molecule has 0 spiro atoms. The molecule has 0 aliphatic carbocycles. The van der Waals surface area contributed by atoms with E-state index >= 15 is 0 Å². The molecule has 1 amide bonds. The van der Waals surface area contributed by atoms with Gasteiger partial charge in [-0.15, -0.1) is 0 Å². The van der Waals surface area contributed by atoms with E-state index in [2.05, 4.69) is 16.1 Å². The van der Waals surface area contributed by atoms with E-state index in [0.29, 0.717) is 11.3 Å². The molecule has 0 fully saturated rings. The lowest BCUT2D eigenvalue weighted by molar-refractivity contribution is 0.0940. The molecule has 0 radical (unpaired) electrons. The summed E-state index contributed by atoms with van der Waals surface area (Å²) >= 11 is 0. The van der Waals surface area contributed by atoms with Crippen LogP contribution in [0.2, 0.25) is 0 Å². The van der Waals surface area contributed by atoms with Crippen LogP contribution in [0.15, 0.2) is 42.5 Å². The number of amides is 1. The molecular formula is C18H22N2O3S. The van der Waals surface area contributed by atoms with Crippen molar-refractivity contribution in [1.82, 2.24) is 5.32 Å². The van der Waals surface area contributed by atoms with Crippen molar-refractivity contribution < 1.29 is 13.2 Å². The van der Waals surface area contributed by atoms with E-state index in [1.54, 1.807) is 24.3 Å². The van der Waals surface area contributed by atoms with Gasteiger partial charge in [0.2, 0.25) is 10.0 Å². The SMILES string of the molecule is Cc1ccc(C)c(C(C)NC(=O)c2ccc(NS(C)(=O)=O)cc2)c1. The van der Waals surface area contributed by atoms with E-state index in [4.69, 9.17) is 0 Å². The molecular weight excluding hydrogens is 324 g/mol. The van der Waals surface area contributed by atoms with Crippen LogP contribution >= 0.6 is 0 Å². The van der Waals surface area contributed by atoms with Gasteiger partial charge in [0, 0.05) is 11.3 Å². The van der Waals surface area contributed by atoms with Crippen molar-refractivity contribution in [3.8, 4) is 0 Å². The summed E-state index contributed by atoms with van der Waals surface area (Å²) in [4.78, 5) is 12.4. The zero-order valence-corrected chi connectivity index (χ0v) is 15.1. The second-order valence-electron chi connectivity index (χ2n) is 6.01. The summed E-state index contributed by atoms with van der Waals surface area (Å²) < 4.78 is 24.7. The number of nitrogens with one attached hydrogen (secondary N) is 2. The Morgan fingerprint density at radius 1 is 1.04 bits per heavy atom. The lowest BCUT2D eigenvalue weighted by atomic mass is 9.99. The molecule has 0 aliphatic rings. The summed E-state index contributed by atoms with van der Waals surface area (Å²) in [7, 11) is -3.32. The van der Waals surface area contributed by atoms with Crippen molar-refractivity contribution in [2.75, 3.05) is 11.0 Å². The largest absolute Gasteiger partial charge is 0.346 e.